The Bertz CT molecular complexity index is 1250. The fourth-order valence-electron chi connectivity index (χ4n) is 4.03. The molecule has 0 N–H and O–H groups in total. The molecule has 1 aliphatic rings. The SMILES string of the molecule is Cc1cc(C)cc(-n2c(C)cc(/C=C3\SC(=O)N(Cc4c(F)cccc4Cl)C3=O)c2C)c1. The topological polar surface area (TPSA) is 42.3 Å². The van der Waals surface area contributed by atoms with E-state index in [1.54, 1.807) is 6.08 Å². The molecule has 0 radical (unpaired) electrons. The van der Waals surface area contributed by atoms with Gasteiger partial charge in [0.15, 0.2) is 0 Å². The first-order valence-electron chi connectivity index (χ1n) is 10.1. The summed E-state index contributed by atoms with van der Waals surface area (Å²) in [6, 6.07) is 12.6. The number of rotatable bonds is 4. The molecule has 0 spiro atoms. The second-order valence-corrected chi connectivity index (χ2v) is 9.38. The van der Waals surface area contributed by atoms with Crippen LogP contribution in [-0.2, 0) is 11.3 Å². The summed E-state index contributed by atoms with van der Waals surface area (Å²) in [7, 11) is 0. The molecule has 2 aromatic carbocycles. The van der Waals surface area contributed by atoms with Crippen LogP contribution in [0.2, 0.25) is 5.02 Å². The fraction of sp³-hybridized carbons (Fsp3) is 0.200. The number of hydrogen-bond acceptors (Lipinski definition) is 3. The van der Waals surface area contributed by atoms with E-state index in [1.807, 2.05) is 19.9 Å². The van der Waals surface area contributed by atoms with Crippen molar-refractivity contribution in [1.82, 2.24) is 9.47 Å². The van der Waals surface area contributed by atoms with Crippen molar-refractivity contribution in [2.45, 2.75) is 34.2 Å². The Labute approximate surface area is 195 Å². The number of carbonyl (C=O) groups is 2. The van der Waals surface area contributed by atoms with Crippen LogP contribution in [-0.4, -0.2) is 20.6 Å². The Kier molecular flexibility index (Phi) is 6.01. The first-order valence-corrected chi connectivity index (χ1v) is 11.3. The van der Waals surface area contributed by atoms with E-state index in [1.165, 1.54) is 29.3 Å². The summed E-state index contributed by atoms with van der Waals surface area (Å²) >= 11 is 6.93. The second-order valence-electron chi connectivity index (χ2n) is 7.98. The molecule has 0 unspecified atom stereocenters. The first kappa shape index (κ1) is 22.4. The van der Waals surface area contributed by atoms with Gasteiger partial charge >= 0.3 is 0 Å². The van der Waals surface area contributed by atoms with Crippen molar-refractivity contribution in [2.24, 2.45) is 0 Å². The van der Waals surface area contributed by atoms with Gasteiger partial charge in [-0.25, -0.2) is 4.39 Å². The fourth-order valence-corrected chi connectivity index (χ4v) is 5.08. The predicted molar refractivity (Wildman–Crippen MR) is 128 cm³/mol. The number of imide groups is 1. The van der Waals surface area contributed by atoms with Gasteiger partial charge < -0.3 is 4.57 Å². The van der Waals surface area contributed by atoms with Crippen LogP contribution >= 0.6 is 23.4 Å². The maximum absolute atomic E-state index is 14.2. The summed E-state index contributed by atoms with van der Waals surface area (Å²) in [6.07, 6.45) is 1.73. The van der Waals surface area contributed by atoms with Gasteiger partial charge in [0.2, 0.25) is 0 Å². The minimum absolute atomic E-state index is 0.130. The molecular formula is C25H22ClFN2O2S. The van der Waals surface area contributed by atoms with Crippen LogP contribution in [0, 0.1) is 33.5 Å². The van der Waals surface area contributed by atoms with Crippen molar-refractivity contribution in [3.63, 3.8) is 0 Å². The molecule has 32 heavy (non-hydrogen) atoms. The van der Waals surface area contributed by atoms with Gasteiger partial charge in [0.05, 0.1) is 11.4 Å². The summed E-state index contributed by atoms with van der Waals surface area (Å²) < 4.78 is 16.3. The van der Waals surface area contributed by atoms with E-state index >= 15 is 0 Å². The Hall–Kier alpha value is -2.83. The van der Waals surface area contributed by atoms with Gasteiger partial charge in [-0.1, -0.05) is 23.7 Å². The molecule has 0 saturated carbocycles. The monoisotopic (exact) mass is 468 g/mol. The largest absolute Gasteiger partial charge is 0.318 e. The van der Waals surface area contributed by atoms with Gasteiger partial charge in [0, 0.05) is 27.7 Å². The van der Waals surface area contributed by atoms with Crippen molar-refractivity contribution in [3.8, 4) is 5.69 Å². The lowest BCUT2D eigenvalue weighted by Crippen LogP contribution is -2.28. The zero-order valence-corrected chi connectivity index (χ0v) is 19.8. The first-order chi connectivity index (χ1) is 15.2. The van der Waals surface area contributed by atoms with Crippen LogP contribution < -0.4 is 0 Å². The lowest BCUT2D eigenvalue weighted by atomic mass is 10.1. The number of aromatic nitrogens is 1. The van der Waals surface area contributed by atoms with Crippen LogP contribution in [0.4, 0.5) is 9.18 Å². The Balaban J connectivity index is 1.66. The molecule has 1 aliphatic heterocycles. The van der Waals surface area contributed by atoms with Gasteiger partial charge in [-0.15, -0.1) is 0 Å². The zero-order valence-electron chi connectivity index (χ0n) is 18.2. The maximum Gasteiger partial charge on any atom is 0.293 e. The van der Waals surface area contributed by atoms with Crippen LogP contribution in [0.15, 0.2) is 47.4 Å². The molecule has 1 aromatic heterocycles. The average Bonchev–Trinajstić information content (AvgIpc) is 3.13. The molecule has 4 nitrogen and oxygen atoms in total. The summed E-state index contributed by atoms with van der Waals surface area (Å²) in [5.74, 6) is -0.993. The number of benzene rings is 2. The Morgan fingerprint density at radius 1 is 1.03 bits per heavy atom. The third-order valence-electron chi connectivity index (χ3n) is 5.47. The van der Waals surface area contributed by atoms with Gasteiger partial charge in [-0.2, -0.15) is 0 Å². The number of aryl methyl sites for hydroxylation is 3. The average molecular weight is 469 g/mol. The van der Waals surface area contributed by atoms with E-state index in [0.29, 0.717) is 4.91 Å². The summed E-state index contributed by atoms with van der Waals surface area (Å²) in [5.41, 5.74) is 6.37. The van der Waals surface area contributed by atoms with Crippen LogP contribution in [0.3, 0.4) is 0 Å². The summed E-state index contributed by atoms with van der Waals surface area (Å²) in [6.45, 7) is 7.91. The molecule has 0 atom stereocenters. The maximum atomic E-state index is 14.2. The zero-order chi connectivity index (χ0) is 23.2. The highest BCUT2D eigenvalue weighted by atomic mass is 35.5. The number of amides is 2. The van der Waals surface area contributed by atoms with E-state index in [0.717, 1.165) is 39.3 Å². The van der Waals surface area contributed by atoms with Gasteiger partial charge in [-0.05, 0) is 92.6 Å². The van der Waals surface area contributed by atoms with Crippen molar-refractivity contribution in [2.75, 3.05) is 0 Å². The molecule has 2 amide bonds. The number of carbonyl (C=O) groups excluding carboxylic acids is 2. The number of halogens is 2. The molecule has 2 heterocycles. The normalized spacial score (nSPS) is 15.3. The third kappa shape index (κ3) is 4.12. The van der Waals surface area contributed by atoms with Crippen molar-refractivity contribution >= 4 is 40.6 Å². The third-order valence-corrected chi connectivity index (χ3v) is 6.73. The lowest BCUT2D eigenvalue weighted by molar-refractivity contribution is -0.123. The predicted octanol–water partition coefficient (Wildman–Crippen LogP) is 6.74. The highest BCUT2D eigenvalue weighted by Crippen LogP contribution is 2.36. The number of nitrogens with zero attached hydrogens (tertiary/aromatic N) is 2. The molecule has 1 fully saturated rings. The van der Waals surface area contributed by atoms with Crippen molar-refractivity contribution in [3.05, 3.63) is 91.9 Å². The quantitative estimate of drug-likeness (QED) is 0.398. The molecule has 1 saturated heterocycles. The van der Waals surface area contributed by atoms with E-state index in [9.17, 15) is 14.0 Å². The second kappa shape index (κ2) is 8.60. The van der Waals surface area contributed by atoms with Crippen molar-refractivity contribution < 1.29 is 14.0 Å². The molecule has 4 rings (SSSR count). The minimum atomic E-state index is -0.544. The van der Waals surface area contributed by atoms with E-state index in [4.69, 9.17) is 11.6 Å². The van der Waals surface area contributed by atoms with Crippen LogP contribution in [0.1, 0.15) is 33.6 Å². The Morgan fingerprint density at radius 2 is 1.72 bits per heavy atom. The molecular weight excluding hydrogens is 447 g/mol. The van der Waals surface area contributed by atoms with Crippen molar-refractivity contribution in [1.29, 1.82) is 0 Å². The van der Waals surface area contributed by atoms with Gasteiger partial charge in [0.25, 0.3) is 11.1 Å². The standard InChI is InChI=1S/C25H22ClFN2O2S/c1-14-8-15(2)10-19(9-14)29-16(3)11-18(17(29)4)12-23-24(30)28(25(31)32-23)13-20-21(26)6-5-7-22(20)27/h5-12H,13H2,1-4H3/b23-12-. The van der Waals surface area contributed by atoms with E-state index in [2.05, 4.69) is 36.6 Å². The van der Waals surface area contributed by atoms with E-state index < -0.39 is 17.0 Å². The molecule has 7 heteroatoms. The Morgan fingerprint density at radius 3 is 2.38 bits per heavy atom. The summed E-state index contributed by atoms with van der Waals surface area (Å²) in [5, 5.41) is -0.256. The summed E-state index contributed by atoms with van der Waals surface area (Å²) in [4.78, 5) is 26.8. The highest BCUT2D eigenvalue weighted by Gasteiger charge is 2.36. The lowest BCUT2D eigenvalue weighted by Gasteiger charge is -2.14. The number of hydrogen-bond donors (Lipinski definition) is 0. The molecule has 0 aliphatic carbocycles. The molecule has 3 aromatic rings. The van der Waals surface area contributed by atoms with Crippen LogP contribution in [0.25, 0.3) is 11.8 Å². The van der Waals surface area contributed by atoms with Gasteiger partial charge in [-0.3, -0.25) is 14.5 Å². The highest BCUT2D eigenvalue weighted by molar-refractivity contribution is 8.18. The molecule has 0 bridgehead atoms. The van der Waals surface area contributed by atoms with Crippen LogP contribution in [0.5, 0.6) is 0 Å². The van der Waals surface area contributed by atoms with Gasteiger partial charge in [0.1, 0.15) is 5.82 Å². The smallest absolute Gasteiger partial charge is 0.293 e. The number of thioether (sulfide) groups is 1. The van der Waals surface area contributed by atoms with E-state index in [-0.39, 0.29) is 17.1 Å². The molecule has 164 valence electrons. The minimum Gasteiger partial charge on any atom is -0.318 e.